The second-order valence-corrected chi connectivity index (χ2v) is 3.88. The maximum absolute atomic E-state index is 5.34. The fourth-order valence-corrected chi connectivity index (χ4v) is 1.80. The van der Waals surface area contributed by atoms with Crippen molar-refractivity contribution in [2.24, 2.45) is 5.84 Å². The van der Waals surface area contributed by atoms with Crippen LogP contribution in [0.4, 0.5) is 5.82 Å². The Morgan fingerprint density at radius 2 is 2.08 bits per heavy atom. The van der Waals surface area contributed by atoms with Crippen LogP contribution in [-0.4, -0.2) is 15.7 Å². The number of thioether (sulfide) groups is 1. The molecule has 0 spiro atoms. The van der Waals surface area contributed by atoms with Crippen molar-refractivity contribution >= 4 is 17.6 Å². The molecule has 72 valence electrons. The molecule has 0 aliphatic heterocycles. The summed E-state index contributed by atoms with van der Waals surface area (Å²) in [6.45, 7) is 5.92. The smallest absolute Gasteiger partial charge is 0.147 e. The molecule has 0 unspecified atom stereocenters. The van der Waals surface area contributed by atoms with Gasteiger partial charge in [-0.15, -0.1) is 11.8 Å². The Morgan fingerprint density at radius 1 is 1.38 bits per heavy atom. The van der Waals surface area contributed by atoms with Gasteiger partial charge in [0.1, 0.15) is 16.7 Å². The zero-order valence-electron chi connectivity index (χ0n) is 8.09. The molecular weight excluding hydrogens is 184 g/mol. The molecule has 0 saturated carbocycles. The van der Waals surface area contributed by atoms with E-state index in [2.05, 4.69) is 22.3 Å². The van der Waals surface area contributed by atoms with E-state index >= 15 is 0 Å². The van der Waals surface area contributed by atoms with Crippen LogP contribution in [0, 0.1) is 13.8 Å². The Morgan fingerprint density at radius 3 is 2.62 bits per heavy atom. The monoisotopic (exact) mass is 198 g/mol. The summed E-state index contributed by atoms with van der Waals surface area (Å²) in [5, 5.41) is 1.00. The third-order valence-electron chi connectivity index (χ3n) is 1.63. The van der Waals surface area contributed by atoms with Gasteiger partial charge in [0.15, 0.2) is 0 Å². The van der Waals surface area contributed by atoms with Crippen molar-refractivity contribution in [3.63, 3.8) is 0 Å². The van der Waals surface area contributed by atoms with Gasteiger partial charge in [-0.2, -0.15) is 0 Å². The summed E-state index contributed by atoms with van der Waals surface area (Å²) in [5.41, 5.74) is 3.58. The van der Waals surface area contributed by atoms with E-state index in [1.807, 2.05) is 13.8 Å². The predicted molar refractivity (Wildman–Crippen MR) is 55.7 cm³/mol. The van der Waals surface area contributed by atoms with Crippen LogP contribution in [0.5, 0.6) is 0 Å². The molecule has 1 heterocycles. The average Bonchev–Trinajstić information content (AvgIpc) is 2.11. The molecule has 0 bridgehead atoms. The summed E-state index contributed by atoms with van der Waals surface area (Å²) in [4.78, 5) is 8.50. The lowest BCUT2D eigenvalue weighted by Gasteiger charge is -2.08. The topological polar surface area (TPSA) is 63.8 Å². The molecular formula is C8H14N4S. The van der Waals surface area contributed by atoms with Gasteiger partial charge in [0.2, 0.25) is 0 Å². The molecule has 0 aliphatic rings. The van der Waals surface area contributed by atoms with Gasteiger partial charge in [0.25, 0.3) is 0 Å². The molecule has 0 saturated heterocycles. The van der Waals surface area contributed by atoms with Gasteiger partial charge in [-0.3, -0.25) is 0 Å². The molecule has 0 atom stereocenters. The number of hydrazine groups is 1. The van der Waals surface area contributed by atoms with E-state index in [0.29, 0.717) is 5.82 Å². The van der Waals surface area contributed by atoms with E-state index in [9.17, 15) is 0 Å². The fraction of sp³-hybridized carbons (Fsp3) is 0.500. The highest BCUT2D eigenvalue weighted by Crippen LogP contribution is 2.23. The van der Waals surface area contributed by atoms with Gasteiger partial charge in [-0.25, -0.2) is 15.8 Å². The van der Waals surface area contributed by atoms with E-state index < -0.39 is 0 Å². The second kappa shape index (κ2) is 4.43. The quantitative estimate of drug-likeness (QED) is 0.333. The Hall–Kier alpha value is -0.810. The van der Waals surface area contributed by atoms with E-state index in [4.69, 9.17) is 5.84 Å². The number of nitrogens with two attached hydrogens (primary N) is 1. The van der Waals surface area contributed by atoms with Crippen LogP contribution in [0.2, 0.25) is 0 Å². The number of nitrogens with zero attached hydrogens (tertiary/aromatic N) is 2. The van der Waals surface area contributed by atoms with Crippen molar-refractivity contribution < 1.29 is 0 Å². The third-order valence-corrected chi connectivity index (χ3v) is 2.59. The van der Waals surface area contributed by atoms with Gasteiger partial charge >= 0.3 is 0 Å². The van der Waals surface area contributed by atoms with Gasteiger partial charge < -0.3 is 5.43 Å². The molecule has 1 aromatic heterocycles. The Bertz CT molecular complexity index is 300. The number of hydrogen-bond donors (Lipinski definition) is 2. The lowest BCUT2D eigenvalue weighted by molar-refractivity contribution is 0.936. The largest absolute Gasteiger partial charge is 0.308 e. The van der Waals surface area contributed by atoms with Gasteiger partial charge in [0, 0.05) is 5.56 Å². The summed E-state index contributed by atoms with van der Waals surface area (Å²) >= 11 is 1.70. The van der Waals surface area contributed by atoms with Crippen LogP contribution in [0.3, 0.4) is 0 Å². The summed E-state index contributed by atoms with van der Waals surface area (Å²) in [6, 6.07) is 0. The molecule has 1 rings (SSSR count). The molecule has 13 heavy (non-hydrogen) atoms. The van der Waals surface area contributed by atoms with E-state index in [-0.39, 0.29) is 0 Å². The number of nitrogens with one attached hydrogen (secondary N) is 1. The van der Waals surface area contributed by atoms with Crippen molar-refractivity contribution in [1.29, 1.82) is 0 Å². The number of aromatic nitrogens is 2. The highest BCUT2D eigenvalue weighted by molar-refractivity contribution is 7.99. The number of hydrogen-bond acceptors (Lipinski definition) is 5. The van der Waals surface area contributed by atoms with Crippen molar-refractivity contribution in [3.05, 3.63) is 11.4 Å². The van der Waals surface area contributed by atoms with E-state index in [1.54, 1.807) is 11.8 Å². The van der Waals surface area contributed by atoms with E-state index in [1.165, 1.54) is 0 Å². The molecule has 0 fully saturated rings. The molecule has 0 aromatic carbocycles. The second-order valence-electron chi connectivity index (χ2n) is 2.63. The summed E-state index contributed by atoms with van der Waals surface area (Å²) in [6.07, 6.45) is 0. The first-order valence-electron chi connectivity index (χ1n) is 4.13. The Kier molecular flexibility index (Phi) is 3.50. The lowest BCUT2D eigenvalue weighted by atomic mass is 10.3. The molecule has 0 amide bonds. The van der Waals surface area contributed by atoms with Crippen LogP contribution in [0.15, 0.2) is 5.03 Å². The Labute approximate surface area is 82.3 Å². The third kappa shape index (κ3) is 2.32. The van der Waals surface area contributed by atoms with Crippen LogP contribution >= 0.6 is 11.8 Å². The predicted octanol–water partition coefficient (Wildman–Crippen LogP) is 1.49. The normalized spacial score (nSPS) is 10.2. The summed E-state index contributed by atoms with van der Waals surface area (Å²) < 4.78 is 0. The minimum absolute atomic E-state index is 0.712. The average molecular weight is 198 g/mol. The maximum Gasteiger partial charge on any atom is 0.147 e. The molecule has 3 N–H and O–H groups in total. The van der Waals surface area contributed by atoms with Crippen LogP contribution in [0.25, 0.3) is 0 Å². The summed E-state index contributed by atoms with van der Waals surface area (Å²) in [7, 11) is 0. The van der Waals surface area contributed by atoms with Crippen LogP contribution in [0.1, 0.15) is 18.3 Å². The molecule has 5 heteroatoms. The van der Waals surface area contributed by atoms with Gasteiger partial charge in [0.05, 0.1) is 0 Å². The SMILES string of the molecule is CCSc1nc(C)nc(NN)c1C. The molecule has 0 radical (unpaired) electrons. The first-order chi connectivity index (χ1) is 6.19. The highest BCUT2D eigenvalue weighted by atomic mass is 32.2. The molecule has 0 aliphatic carbocycles. The minimum atomic E-state index is 0.712. The fourth-order valence-electron chi connectivity index (χ4n) is 1.02. The maximum atomic E-state index is 5.34. The lowest BCUT2D eigenvalue weighted by Crippen LogP contribution is -2.12. The first kappa shape index (κ1) is 10.3. The van der Waals surface area contributed by atoms with Crippen molar-refractivity contribution in [3.8, 4) is 0 Å². The zero-order chi connectivity index (χ0) is 9.84. The number of rotatable bonds is 3. The summed E-state index contributed by atoms with van der Waals surface area (Å²) in [5.74, 6) is 7.79. The molecule has 1 aromatic rings. The van der Waals surface area contributed by atoms with Gasteiger partial charge in [-0.1, -0.05) is 6.92 Å². The number of aryl methyl sites for hydroxylation is 1. The first-order valence-corrected chi connectivity index (χ1v) is 5.12. The minimum Gasteiger partial charge on any atom is -0.308 e. The van der Waals surface area contributed by atoms with E-state index in [0.717, 1.165) is 22.2 Å². The zero-order valence-corrected chi connectivity index (χ0v) is 8.90. The van der Waals surface area contributed by atoms with Crippen molar-refractivity contribution in [2.45, 2.75) is 25.8 Å². The van der Waals surface area contributed by atoms with Crippen LogP contribution < -0.4 is 11.3 Å². The van der Waals surface area contributed by atoms with Crippen molar-refractivity contribution in [1.82, 2.24) is 9.97 Å². The Balaban J connectivity index is 3.11. The standard InChI is InChI=1S/C8H14N4S/c1-4-13-8-5(2)7(12-9)10-6(3)11-8/h4,9H2,1-3H3,(H,10,11,12). The van der Waals surface area contributed by atoms with Crippen molar-refractivity contribution in [2.75, 3.05) is 11.2 Å². The van der Waals surface area contributed by atoms with Crippen LogP contribution in [-0.2, 0) is 0 Å². The number of nitrogen functional groups attached to an aromatic ring is 1. The van der Waals surface area contributed by atoms with Gasteiger partial charge in [-0.05, 0) is 19.6 Å². The number of anilines is 1. The highest BCUT2D eigenvalue weighted by Gasteiger charge is 2.07. The molecule has 4 nitrogen and oxygen atoms in total.